The highest BCUT2D eigenvalue weighted by Crippen LogP contribution is 2.42. The molecule has 0 amide bonds. The molecule has 0 aromatic carbocycles. The summed E-state index contributed by atoms with van der Waals surface area (Å²) < 4.78 is 0. The fourth-order valence-electron chi connectivity index (χ4n) is 4.23. The minimum Gasteiger partial charge on any atom is -0.309 e. The molecule has 112 valence electrons. The van der Waals surface area contributed by atoms with Crippen LogP contribution in [0.15, 0.2) is 6.07 Å². The minimum absolute atomic E-state index is 0.630. The van der Waals surface area contributed by atoms with Crippen LogP contribution in [0.1, 0.15) is 73.7 Å². The van der Waals surface area contributed by atoms with Crippen molar-refractivity contribution in [3.05, 3.63) is 21.4 Å². The van der Waals surface area contributed by atoms with Crippen molar-refractivity contribution in [2.45, 2.75) is 71.3 Å². The van der Waals surface area contributed by atoms with Crippen LogP contribution >= 0.6 is 11.3 Å². The summed E-state index contributed by atoms with van der Waals surface area (Å²) in [5.74, 6) is 1.84. The van der Waals surface area contributed by atoms with Gasteiger partial charge < -0.3 is 5.32 Å². The molecule has 0 saturated heterocycles. The lowest BCUT2D eigenvalue weighted by Crippen LogP contribution is -2.31. The Balaban J connectivity index is 1.77. The van der Waals surface area contributed by atoms with Crippen molar-refractivity contribution >= 4 is 11.3 Å². The van der Waals surface area contributed by atoms with Gasteiger partial charge in [-0.05, 0) is 62.1 Å². The van der Waals surface area contributed by atoms with E-state index in [0.717, 1.165) is 18.4 Å². The van der Waals surface area contributed by atoms with Gasteiger partial charge in [0.2, 0.25) is 0 Å². The van der Waals surface area contributed by atoms with E-state index in [0.29, 0.717) is 6.04 Å². The number of rotatable bonds is 5. The summed E-state index contributed by atoms with van der Waals surface area (Å²) in [5.41, 5.74) is 1.66. The molecule has 0 aliphatic heterocycles. The Kier molecular flexibility index (Phi) is 4.83. The maximum absolute atomic E-state index is 3.81. The molecule has 3 atom stereocenters. The maximum Gasteiger partial charge on any atom is 0.0443 e. The van der Waals surface area contributed by atoms with Gasteiger partial charge in [0.05, 0.1) is 0 Å². The van der Waals surface area contributed by atoms with Crippen LogP contribution in [0.3, 0.4) is 0 Å². The van der Waals surface area contributed by atoms with Crippen LogP contribution in [0.25, 0.3) is 0 Å². The van der Waals surface area contributed by atoms with Gasteiger partial charge in [0.15, 0.2) is 0 Å². The summed E-state index contributed by atoms with van der Waals surface area (Å²) in [6, 6.07) is 3.17. The normalized spacial score (nSPS) is 27.5. The largest absolute Gasteiger partial charge is 0.309 e. The number of hydrogen-bond donors (Lipinski definition) is 1. The molecule has 3 rings (SSSR count). The Hall–Kier alpha value is -0.340. The quantitative estimate of drug-likeness (QED) is 0.795. The zero-order valence-corrected chi connectivity index (χ0v) is 13.9. The molecule has 1 heterocycles. The van der Waals surface area contributed by atoms with Crippen molar-refractivity contribution in [1.29, 1.82) is 0 Å². The van der Waals surface area contributed by atoms with Gasteiger partial charge in [-0.3, -0.25) is 0 Å². The van der Waals surface area contributed by atoms with E-state index in [9.17, 15) is 0 Å². The second kappa shape index (κ2) is 6.62. The molecule has 1 N–H and O–H groups in total. The molecule has 2 aliphatic rings. The van der Waals surface area contributed by atoms with Crippen LogP contribution in [-0.2, 0) is 12.8 Å². The van der Waals surface area contributed by atoms with Crippen LogP contribution in [0, 0.1) is 11.8 Å². The fraction of sp³-hybridized carbons (Fsp3) is 0.778. The number of fused-ring (bicyclic) bond motifs is 1. The molecule has 3 unspecified atom stereocenters. The molecule has 1 nitrogen and oxygen atoms in total. The zero-order valence-electron chi connectivity index (χ0n) is 13.1. The monoisotopic (exact) mass is 291 g/mol. The molecular weight excluding hydrogens is 262 g/mol. The van der Waals surface area contributed by atoms with Crippen molar-refractivity contribution in [3.63, 3.8) is 0 Å². The summed E-state index contributed by atoms with van der Waals surface area (Å²) >= 11 is 2.11. The van der Waals surface area contributed by atoms with E-state index in [1.165, 1.54) is 51.4 Å². The molecule has 1 aromatic rings. The predicted octanol–water partition coefficient (Wildman–Crippen LogP) is 5.10. The highest BCUT2D eigenvalue weighted by atomic mass is 32.1. The van der Waals surface area contributed by atoms with Gasteiger partial charge in [0, 0.05) is 15.8 Å². The molecule has 1 fully saturated rings. The molecule has 1 saturated carbocycles. The molecule has 2 heteroatoms. The SMILES string of the molecule is CCNC(c1cc2c(s1)CCC2)C1CCCC(CC)C1. The van der Waals surface area contributed by atoms with E-state index in [1.807, 2.05) is 0 Å². The molecule has 0 bridgehead atoms. The van der Waals surface area contributed by atoms with Gasteiger partial charge in [-0.2, -0.15) is 0 Å². The number of aryl methyl sites for hydroxylation is 2. The third-order valence-corrected chi connectivity index (χ3v) is 6.69. The lowest BCUT2D eigenvalue weighted by Gasteiger charge is -2.34. The van der Waals surface area contributed by atoms with E-state index in [4.69, 9.17) is 0 Å². The van der Waals surface area contributed by atoms with E-state index in [1.54, 1.807) is 15.3 Å². The van der Waals surface area contributed by atoms with Gasteiger partial charge >= 0.3 is 0 Å². The van der Waals surface area contributed by atoms with Crippen LogP contribution < -0.4 is 5.32 Å². The van der Waals surface area contributed by atoms with Crippen molar-refractivity contribution in [2.75, 3.05) is 6.54 Å². The standard InChI is InChI=1S/C18H29NS/c1-3-13-7-5-9-15(11-13)18(19-4-2)17-12-14-8-6-10-16(14)20-17/h12-13,15,18-19H,3-11H2,1-2H3. The number of nitrogens with one attached hydrogen (secondary N) is 1. The zero-order chi connectivity index (χ0) is 13.9. The van der Waals surface area contributed by atoms with Crippen molar-refractivity contribution in [1.82, 2.24) is 5.32 Å². The smallest absolute Gasteiger partial charge is 0.0443 e. The first-order valence-electron chi connectivity index (χ1n) is 8.66. The van der Waals surface area contributed by atoms with E-state index in [2.05, 4.69) is 36.6 Å². The topological polar surface area (TPSA) is 12.0 Å². The molecule has 20 heavy (non-hydrogen) atoms. The Bertz CT molecular complexity index is 415. The highest BCUT2D eigenvalue weighted by Gasteiger charge is 2.30. The molecule has 1 aromatic heterocycles. The van der Waals surface area contributed by atoms with Gasteiger partial charge in [-0.1, -0.05) is 33.1 Å². The van der Waals surface area contributed by atoms with E-state index >= 15 is 0 Å². The third-order valence-electron chi connectivity index (χ3n) is 5.37. The number of hydrogen-bond acceptors (Lipinski definition) is 2. The second-order valence-electron chi connectivity index (χ2n) is 6.69. The Labute approximate surface area is 128 Å². The van der Waals surface area contributed by atoms with Gasteiger partial charge in [-0.15, -0.1) is 11.3 Å². The lowest BCUT2D eigenvalue weighted by molar-refractivity contribution is 0.212. The Morgan fingerprint density at radius 1 is 1.25 bits per heavy atom. The van der Waals surface area contributed by atoms with Crippen LogP contribution in [0.4, 0.5) is 0 Å². The molecular formula is C18H29NS. The summed E-state index contributed by atoms with van der Waals surface area (Å²) in [7, 11) is 0. The molecule has 0 spiro atoms. The van der Waals surface area contributed by atoms with Gasteiger partial charge in [0.25, 0.3) is 0 Å². The summed E-state index contributed by atoms with van der Waals surface area (Å²) in [6.45, 7) is 5.73. The minimum atomic E-state index is 0.630. The lowest BCUT2D eigenvalue weighted by atomic mass is 9.76. The van der Waals surface area contributed by atoms with Crippen LogP contribution in [-0.4, -0.2) is 6.54 Å². The second-order valence-corrected chi connectivity index (χ2v) is 7.86. The molecule has 0 radical (unpaired) electrons. The first-order chi connectivity index (χ1) is 9.81. The van der Waals surface area contributed by atoms with Crippen LogP contribution in [0.5, 0.6) is 0 Å². The number of thiophene rings is 1. The Morgan fingerprint density at radius 2 is 2.15 bits per heavy atom. The molecule has 2 aliphatic carbocycles. The average Bonchev–Trinajstić information content (AvgIpc) is 3.06. The first kappa shape index (κ1) is 14.6. The third kappa shape index (κ3) is 2.96. The maximum atomic E-state index is 3.81. The summed E-state index contributed by atoms with van der Waals surface area (Å²) in [6.07, 6.45) is 11.2. The van der Waals surface area contributed by atoms with Gasteiger partial charge in [0.1, 0.15) is 0 Å². The summed E-state index contributed by atoms with van der Waals surface area (Å²) in [5, 5.41) is 3.81. The van der Waals surface area contributed by atoms with Crippen molar-refractivity contribution in [3.8, 4) is 0 Å². The van der Waals surface area contributed by atoms with Crippen LogP contribution in [0.2, 0.25) is 0 Å². The van der Waals surface area contributed by atoms with E-state index < -0.39 is 0 Å². The predicted molar refractivity (Wildman–Crippen MR) is 88.5 cm³/mol. The summed E-state index contributed by atoms with van der Waals surface area (Å²) in [4.78, 5) is 3.32. The van der Waals surface area contributed by atoms with Crippen molar-refractivity contribution < 1.29 is 0 Å². The van der Waals surface area contributed by atoms with Gasteiger partial charge in [-0.25, -0.2) is 0 Å². The fourth-order valence-corrected chi connectivity index (χ4v) is 5.66. The highest BCUT2D eigenvalue weighted by molar-refractivity contribution is 7.12. The first-order valence-corrected chi connectivity index (χ1v) is 9.48. The Morgan fingerprint density at radius 3 is 2.90 bits per heavy atom. The average molecular weight is 292 g/mol. The van der Waals surface area contributed by atoms with Crippen molar-refractivity contribution in [2.24, 2.45) is 11.8 Å². The van der Waals surface area contributed by atoms with E-state index in [-0.39, 0.29) is 0 Å².